The van der Waals surface area contributed by atoms with Crippen molar-refractivity contribution in [1.29, 1.82) is 0 Å². The van der Waals surface area contributed by atoms with Gasteiger partial charge in [0.1, 0.15) is 0 Å². The largest absolute Gasteiger partial charge is 0.330 e. The maximum Gasteiger partial charge on any atom is 0.204 e. The summed E-state index contributed by atoms with van der Waals surface area (Å²) in [5.74, 6) is 0.807. The van der Waals surface area contributed by atoms with Crippen molar-refractivity contribution in [1.82, 2.24) is 9.97 Å². The molecule has 14 heavy (non-hydrogen) atoms. The number of nitrogens with zero attached hydrogens (tertiary/aromatic N) is 2. The van der Waals surface area contributed by atoms with Crippen LogP contribution in [0.5, 0.6) is 0 Å². The van der Waals surface area contributed by atoms with Gasteiger partial charge in [0.25, 0.3) is 0 Å². The molecule has 0 spiro atoms. The molecule has 0 fully saturated rings. The van der Waals surface area contributed by atoms with E-state index < -0.39 is 0 Å². The summed E-state index contributed by atoms with van der Waals surface area (Å²) in [6, 6.07) is 7.93. The first-order chi connectivity index (χ1) is 6.68. The Labute approximate surface area is 82.7 Å². The summed E-state index contributed by atoms with van der Waals surface area (Å²) in [4.78, 5) is 9.54. The molecule has 0 aliphatic rings. The van der Waals surface area contributed by atoms with Crippen molar-refractivity contribution in [2.45, 2.75) is 13.1 Å². The van der Waals surface area contributed by atoms with Crippen molar-refractivity contribution >= 4 is 17.0 Å². The van der Waals surface area contributed by atoms with Gasteiger partial charge in [-0.15, -0.1) is 0 Å². The first-order valence-electron chi connectivity index (χ1n) is 4.61. The van der Waals surface area contributed by atoms with E-state index in [1.54, 1.807) is 0 Å². The van der Waals surface area contributed by atoms with Crippen LogP contribution in [0.1, 0.15) is 6.92 Å². The van der Waals surface area contributed by atoms with Crippen molar-refractivity contribution in [3.05, 3.63) is 24.3 Å². The molecule has 0 aliphatic carbocycles. The highest BCUT2D eigenvalue weighted by molar-refractivity contribution is 5.77. The van der Waals surface area contributed by atoms with E-state index >= 15 is 0 Å². The lowest BCUT2D eigenvalue weighted by Crippen LogP contribution is -2.36. The Morgan fingerprint density at radius 2 is 2.14 bits per heavy atom. The highest BCUT2D eigenvalue weighted by Crippen LogP contribution is 2.16. The molecular weight excluding hydrogens is 176 g/mol. The molecule has 2 rings (SSSR count). The third-order valence-corrected chi connectivity index (χ3v) is 2.32. The zero-order chi connectivity index (χ0) is 10.1. The van der Waals surface area contributed by atoms with E-state index in [0.29, 0.717) is 0 Å². The second-order valence-corrected chi connectivity index (χ2v) is 3.43. The van der Waals surface area contributed by atoms with E-state index in [2.05, 4.69) is 9.97 Å². The molecular formula is C10H14N4. The van der Waals surface area contributed by atoms with Crippen LogP contribution in [0.2, 0.25) is 0 Å². The minimum absolute atomic E-state index is 0.0458. The number of rotatable bonds is 2. The summed E-state index contributed by atoms with van der Waals surface area (Å²) in [6.07, 6.45) is -0.0458. The number of hydrogen-bond acceptors (Lipinski definition) is 3. The average molecular weight is 190 g/mol. The Kier molecular flexibility index (Phi) is 2.13. The number of nitrogens with two attached hydrogens (primary N) is 1. The molecule has 0 bridgehead atoms. The van der Waals surface area contributed by atoms with Gasteiger partial charge in [0.05, 0.1) is 17.2 Å². The van der Waals surface area contributed by atoms with E-state index in [1.807, 2.05) is 43.1 Å². The summed E-state index contributed by atoms with van der Waals surface area (Å²) in [5, 5.41) is 0. The fraction of sp³-hybridized carbons (Fsp3) is 0.300. The van der Waals surface area contributed by atoms with Gasteiger partial charge < -0.3 is 15.6 Å². The van der Waals surface area contributed by atoms with Gasteiger partial charge in [-0.3, -0.25) is 0 Å². The Morgan fingerprint density at radius 1 is 1.43 bits per heavy atom. The standard InChI is InChI=1S/C10H14N4/c1-7(11)14(2)10-12-8-5-3-4-6-9(8)13-10/h3-7H,11H2,1-2H3,(H,12,13). The highest BCUT2D eigenvalue weighted by Gasteiger charge is 2.09. The maximum absolute atomic E-state index is 5.76. The molecule has 4 heteroatoms. The van der Waals surface area contributed by atoms with Crippen LogP contribution in [-0.4, -0.2) is 23.2 Å². The summed E-state index contributed by atoms with van der Waals surface area (Å²) in [7, 11) is 1.92. The number of hydrogen-bond donors (Lipinski definition) is 2. The number of aromatic amines is 1. The first kappa shape index (κ1) is 9.02. The number of aromatic nitrogens is 2. The van der Waals surface area contributed by atoms with Gasteiger partial charge >= 0.3 is 0 Å². The molecule has 3 N–H and O–H groups in total. The normalized spacial score (nSPS) is 13.1. The van der Waals surface area contributed by atoms with Crippen molar-refractivity contribution < 1.29 is 0 Å². The van der Waals surface area contributed by atoms with Crippen molar-refractivity contribution in [2.75, 3.05) is 11.9 Å². The molecule has 0 saturated carbocycles. The fourth-order valence-electron chi connectivity index (χ4n) is 1.30. The lowest BCUT2D eigenvalue weighted by molar-refractivity contribution is 0.705. The molecule has 1 aromatic carbocycles. The Hall–Kier alpha value is -1.55. The van der Waals surface area contributed by atoms with Crippen LogP contribution in [0.15, 0.2) is 24.3 Å². The fourth-order valence-corrected chi connectivity index (χ4v) is 1.30. The number of imidazole rings is 1. The minimum atomic E-state index is -0.0458. The molecule has 0 amide bonds. The second kappa shape index (κ2) is 3.31. The van der Waals surface area contributed by atoms with E-state index in [-0.39, 0.29) is 6.17 Å². The molecule has 1 aromatic heterocycles. The SMILES string of the molecule is CC(N)N(C)c1nc2ccccc2[nH]1. The molecule has 1 heterocycles. The van der Waals surface area contributed by atoms with E-state index in [9.17, 15) is 0 Å². The highest BCUT2D eigenvalue weighted by atomic mass is 15.3. The lowest BCUT2D eigenvalue weighted by Gasteiger charge is -2.19. The monoisotopic (exact) mass is 190 g/mol. The van der Waals surface area contributed by atoms with E-state index in [4.69, 9.17) is 5.73 Å². The smallest absolute Gasteiger partial charge is 0.204 e. The van der Waals surface area contributed by atoms with Gasteiger partial charge in [0, 0.05) is 7.05 Å². The van der Waals surface area contributed by atoms with Crippen molar-refractivity contribution in [2.24, 2.45) is 5.73 Å². The zero-order valence-corrected chi connectivity index (χ0v) is 8.36. The van der Waals surface area contributed by atoms with Gasteiger partial charge in [-0.2, -0.15) is 0 Å². The first-order valence-corrected chi connectivity index (χ1v) is 4.61. The van der Waals surface area contributed by atoms with Gasteiger partial charge in [0.15, 0.2) is 0 Å². The number of para-hydroxylation sites is 2. The molecule has 74 valence electrons. The Morgan fingerprint density at radius 3 is 2.79 bits per heavy atom. The summed E-state index contributed by atoms with van der Waals surface area (Å²) in [6.45, 7) is 1.92. The van der Waals surface area contributed by atoms with E-state index in [0.717, 1.165) is 17.0 Å². The summed E-state index contributed by atoms with van der Waals surface area (Å²) >= 11 is 0. The summed E-state index contributed by atoms with van der Waals surface area (Å²) < 4.78 is 0. The minimum Gasteiger partial charge on any atom is -0.330 e. The van der Waals surface area contributed by atoms with Crippen LogP contribution in [0.4, 0.5) is 5.95 Å². The van der Waals surface area contributed by atoms with Crippen LogP contribution in [0.25, 0.3) is 11.0 Å². The van der Waals surface area contributed by atoms with Crippen molar-refractivity contribution in [3.63, 3.8) is 0 Å². The molecule has 0 radical (unpaired) electrons. The van der Waals surface area contributed by atoms with E-state index in [1.165, 1.54) is 0 Å². The van der Waals surface area contributed by atoms with Crippen LogP contribution in [-0.2, 0) is 0 Å². The molecule has 0 saturated heterocycles. The third-order valence-electron chi connectivity index (χ3n) is 2.32. The lowest BCUT2D eigenvalue weighted by atomic mass is 10.3. The molecule has 4 nitrogen and oxygen atoms in total. The Bertz CT molecular complexity index is 399. The van der Waals surface area contributed by atoms with Crippen LogP contribution in [0, 0.1) is 0 Å². The second-order valence-electron chi connectivity index (χ2n) is 3.43. The number of benzene rings is 1. The maximum atomic E-state index is 5.76. The number of anilines is 1. The van der Waals surface area contributed by atoms with Crippen LogP contribution < -0.4 is 10.6 Å². The average Bonchev–Trinajstić information content (AvgIpc) is 2.59. The predicted molar refractivity (Wildman–Crippen MR) is 58.1 cm³/mol. The van der Waals surface area contributed by atoms with Crippen LogP contribution >= 0.6 is 0 Å². The molecule has 1 atom stereocenters. The zero-order valence-electron chi connectivity index (χ0n) is 8.36. The van der Waals surface area contributed by atoms with Crippen LogP contribution in [0.3, 0.4) is 0 Å². The van der Waals surface area contributed by atoms with Gasteiger partial charge in [-0.05, 0) is 19.1 Å². The van der Waals surface area contributed by atoms with Gasteiger partial charge in [-0.25, -0.2) is 4.98 Å². The number of nitrogens with one attached hydrogen (secondary N) is 1. The topological polar surface area (TPSA) is 57.9 Å². The quantitative estimate of drug-likeness (QED) is 0.702. The predicted octanol–water partition coefficient (Wildman–Crippen LogP) is 1.30. The van der Waals surface area contributed by atoms with Gasteiger partial charge in [0.2, 0.25) is 5.95 Å². The molecule has 1 unspecified atom stereocenters. The molecule has 2 aromatic rings. The number of fused-ring (bicyclic) bond motifs is 1. The van der Waals surface area contributed by atoms with Crippen molar-refractivity contribution in [3.8, 4) is 0 Å². The third kappa shape index (κ3) is 1.44. The number of H-pyrrole nitrogens is 1. The van der Waals surface area contributed by atoms with Gasteiger partial charge in [-0.1, -0.05) is 12.1 Å². The molecule has 0 aliphatic heterocycles. The Balaban J connectivity index is 2.45. The summed E-state index contributed by atoms with van der Waals surface area (Å²) in [5.41, 5.74) is 7.76.